The zero-order chi connectivity index (χ0) is 19.6. The molecule has 2 rings (SSSR count). The van der Waals surface area contributed by atoms with Crippen molar-refractivity contribution in [2.75, 3.05) is 20.2 Å². The van der Waals surface area contributed by atoms with Crippen molar-refractivity contribution in [3.8, 4) is 11.5 Å². The summed E-state index contributed by atoms with van der Waals surface area (Å²) in [7, 11) is 1.41. The highest BCUT2D eigenvalue weighted by Crippen LogP contribution is 2.29. The zero-order valence-corrected chi connectivity index (χ0v) is 16.4. The number of ether oxygens (including phenoxy) is 2. The van der Waals surface area contributed by atoms with Crippen LogP contribution in [0.4, 0.5) is 8.78 Å². The van der Waals surface area contributed by atoms with E-state index in [9.17, 15) is 8.78 Å². The fraction of sp³-hybridized carbons (Fsp3) is 0.444. The normalized spacial score (nSPS) is 11.6. The van der Waals surface area contributed by atoms with E-state index in [4.69, 9.17) is 4.74 Å². The average Bonchev–Trinajstić information content (AvgIpc) is 3.04. The molecule has 9 heteroatoms. The van der Waals surface area contributed by atoms with Crippen molar-refractivity contribution >= 4 is 17.3 Å². The van der Waals surface area contributed by atoms with Crippen molar-refractivity contribution in [1.82, 2.24) is 15.6 Å². The summed E-state index contributed by atoms with van der Waals surface area (Å²) >= 11 is 1.63. The first-order valence-corrected chi connectivity index (χ1v) is 9.44. The topological polar surface area (TPSA) is 67.8 Å². The number of thiazole rings is 1. The molecule has 2 aromatic rings. The minimum Gasteiger partial charge on any atom is -0.493 e. The molecule has 27 heavy (non-hydrogen) atoms. The SMILES string of the molecule is CCNC(=NCc1ccc(OC)c(OC(F)F)c1)NCCc1csc(C)n1. The van der Waals surface area contributed by atoms with E-state index in [1.165, 1.54) is 13.2 Å². The Morgan fingerprint density at radius 3 is 2.74 bits per heavy atom. The van der Waals surface area contributed by atoms with E-state index in [1.54, 1.807) is 23.5 Å². The molecule has 0 radical (unpaired) electrons. The van der Waals surface area contributed by atoms with Gasteiger partial charge in [-0.25, -0.2) is 9.98 Å². The number of aromatic nitrogens is 1. The standard InChI is InChI=1S/C18H24F2N4O2S/c1-4-21-18(22-8-7-14-11-27-12(2)24-14)23-10-13-5-6-15(25-3)16(9-13)26-17(19)20/h5-6,9,11,17H,4,7-8,10H2,1-3H3,(H2,21,22,23). The van der Waals surface area contributed by atoms with Gasteiger partial charge in [0.25, 0.3) is 0 Å². The molecule has 0 spiro atoms. The largest absolute Gasteiger partial charge is 0.493 e. The van der Waals surface area contributed by atoms with Crippen molar-refractivity contribution in [2.45, 2.75) is 33.4 Å². The fourth-order valence-corrected chi connectivity index (χ4v) is 3.00. The predicted octanol–water partition coefficient (Wildman–Crippen LogP) is 3.36. The van der Waals surface area contributed by atoms with Crippen molar-refractivity contribution in [3.05, 3.63) is 39.8 Å². The fourth-order valence-electron chi connectivity index (χ4n) is 2.35. The molecule has 0 saturated carbocycles. The number of methoxy groups -OCH3 is 1. The molecule has 0 amide bonds. The van der Waals surface area contributed by atoms with E-state index >= 15 is 0 Å². The van der Waals surface area contributed by atoms with Crippen LogP contribution in [0.25, 0.3) is 0 Å². The van der Waals surface area contributed by atoms with Gasteiger partial charge in [0.2, 0.25) is 0 Å². The Bertz CT molecular complexity index is 753. The third-order valence-corrected chi connectivity index (χ3v) is 4.37. The molecule has 0 aliphatic rings. The molecular weight excluding hydrogens is 374 g/mol. The Morgan fingerprint density at radius 1 is 1.30 bits per heavy atom. The Morgan fingerprint density at radius 2 is 2.11 bits per heavy atom. The summed E-state index contributed by atoms with van der Waals surface area (Å²) in [5, 5.41) is 9.50. The number of benzene rings is 1. The summed E-state index contributed by atoms with van der Waals surface area (Å²) in [5.41, 5.74) is 1.78. The van der Waals surface area contributed by atoms with Gasteiger partial charge in [0.05, 0.1) is 24.4 Å². The van der Waals surface area contributed by atoms with Crippen LogP contribution < -0.4 is 20.1 Å². The van der Waals surface area contributed by atoms with Crippen molar-refractivity contribution in [3.63, 3.8) is 0 Å². The Balaban J connectivity index is 1.98. The molecule has 1 heterocycles. The second-order valence-electron chi connectivity index (χ2n) is 5.59. The Kier molecular flexibility index (Phi) is 8.25. The van der Waals surface area contributed by atoms with E-state index in [0.717, 1.165) is 22.7 Å². The van der Waals surface area contributed by atoms with Crippen LogP contribution >= 0.6 is 11.3 Å². The minimum absolute atomic E-state index is 0.00272. The number of aryl methyl sites for hydroxylation is 1. The Hall–Kier alpha value is -2.42. The number of aliphatic imine (C=N–C) groups is 1. The molecule has 1 aromatic heterocycles. The van der Waals surface area contributed by atoms with Gasteiger partial charge in [-0.2, -0.15) is 8.78 Å². The third-order valence-electron chi connectivity index (χ3n) is 3.55. The minimum atomic E-state index is -2.91. The number of alkyl halides is 2. The molecule has 0 unspecified atom stereocenters. The van der Waals surface area contributed by atoms with Crippen molar-refractivity contribution in [1.29, 1.82) is 0 Å². The summed E-state index contributed by atoms with van der Waals surface area (Å²) in [4.78, 5) is 8.92. The van der Waals surface area contributed by atoms with Gasteiger partial charge in [0.1, 0.15) is 0 Å². The highest BCUT2D eigenvalue weighted by molar-refractivity contribution is 7.09. The van der Waals surface area contributed by atoms with Crippen LogP contribution in [0, 0.1) is 6.92 Å². The second-order valence-corrected chi connectivity index (χ2v) is 6.66. The zero-order valence-electron chi connectivity index (χ0n) is 15.6. The lowest BCUT2D eigenvalue weighted by atomic mass is 10.2. The van der Waals surface area contributed by atoms with E-state index in [1.807, 2.05) is 19.2 Å². The van der Waals surface area contributed by atoms with Crippen LogP contribution in [-0.4, -0.2) is 37.8 Å². The molecule has 0 bridgehead atoms. The molecule has 2 N–H and O–H groups in total. The number of rotatable bonds is 9. The highest BCUT2D eigenvalue weighted by atomic mass is 32.1. The average molecular weight is 398 g/mol. The summed E-state index contributed by atoms with van der Waals surface area (Å²) in [6.07, 6.45) is 0.795. The second kappa shape index (κ2) is 10.7. The van der Waals surface area contributed by atoms with E-state index in [2.05, 4.69) is 25.3 Å². The number of nitrogens with one attached hydrogen (secondary N) is 2. The maximum atomic E-state index is 12.5. The summed E-state index contributed by atoms with van der Waals surface area (Å²) in [5.74, 6) is 0.903. The molecule has 6 nitrogen and oxygen atoms in total. The monoisotopic (exact) mass is 398 g/mol. The molecule has 0 atom stereocenters. The molecule has 0 aliphatic heterocycles. The van der Waals surface area contributed by atoms with Gasteiger partial charge >= 0.3 is 6.61 Å². The van der Waals surface area contributed by atoms with Gasteiger partial charge in [0.15, 0.2) is 17.5 Å². The summed E-state index contributed by atoms with van der Waals surface area (Å²) < 4.78 is 34.6. The number of hydrogen-bond acceptors (Lipinski definition) is 5. The van der Waals surface area contributed by atoms with Crippen LogP contribution in [0.2, 0.25) is 0 Å². The third kappa shape index (κ3) is 7.01. The smallest absolute Gasteiger partial charge is 0.387 e. The Labute approximate surface area is 161 Å². The molecule has 0 fully saturated rings. The highest BCUT2D eigenvalue weighted by Gasteiger charge is 2.11. The first kappa shape index (κ1) is 20.9. The molecule has 148 valence electrons. The lowest BCUT2D eigenvalue weighted by Crippen LogP contribution is -2.38. The first-order valence-electron chi connectivity index (χ1n) is 8.56. The van der Waals surface area contributed by atoms with E-state index in [-0.39, 0.29) is 11.5 Å². The number of nitrogens with zero attached hydrogens (tertiary/aromatic N) is 2. The van der Waals surface area contributed by atoms with Crippen LogP contribution in [0.1, 0.15) is 23.2 Å². The van der Waals surface area contributed by atoms with Crippen LogP contribution in [0.3, 0.4) is 0 Å². The first-order chi connectivity index (χ1) is 13.0. The van der Waals surface area contributed by atoms with Gasteiger partial charge in [-0.3, -0.25) is 0 Å². The van der Waals surface area contributed by atoms with Gasteiger partial charge < -0.3 is 20.1 Å². The van der Waals surface area contributed by atoms with Crippen LogP contribution in [0.15, 0.2) is 28.6 Å². The van der Waals surface area contributed by atoms with Crippen LogP contribution in [-0.2, 0) is 13.0 Å². The maximum absolute atomic E-state index is 12.5. The van der Waals surface area contributed by atoms with Gasteiger partial charge in [-0.1, -0.05) is 6.07 Å². The predicted molar refractivity (Wildman–Crippen MR) is 103 cm³/mol. The summed E-state index contributed by atoms with van der Waals surface area (Å²) in [6, 6.07) is 4.87. The molecule has 1 aromatic carbocycles. The van der Waals surface area contributed by atoms with Crippen LogP contribution in [0.5, 0.6) is 11.5 Å². The molecule has 0 aliphatic carbocycles. The van der Waals surface area contributed by atoms with Gasteiger partial charge in [-0.15, -0.1) is 11.3 Å². The van der Waals surface area contributed by atoms with Gasteiger partial charge in [0, 0.05) is 24.9 Å². The molecule has 0 saturated heterocycles. The van der Waals surface area contributed by atoms with Crippen molar-refractivity contribution in [2.24, 2.45) is 4.99 Å². The number of guanidine groups is 1. The van der Waals surface area contributed by atoms with Crippen molar-refractivity contribution < 1.29 is 18.3 Å². The van der Waals surface area contributed by atoms with Gasteiger partial charge in [-0.05, 0) is 31.5 Å². The quantitative estimate of drug-likeness (QED) is 0.501. The molecular formula is C18H24F2N4O2S. The summed E-state index contributed by atoms with van der Waals surface area (Å²) in [6.45, 7) is 2.76. The lowest BCUT2D eigenvalue weighted by Gasteiger charge is -2.12. The van der Waals surface area contributed by atoms with E-state index < -0.39 is 6.61 Å². The number of halogens is 2. The maximum Gasteiger partial charge on any atom is 0.387 e. The lowest BCUT2D eigenvalue weighted by molar-refractivity contribution is -0.0512. The number of hydrogen-bond donors (Lipinski definition) is 2. The van der Waals surface area contributed by atoms with E-state index in [0.29, 0.717) is 25.6 Å².